The molecule has 0 spiro atoms. The molecule has 0 unspecified atom stereocenters. The lowest BCUT2D eigenvalue weighted by Gasteiger charge is -2.32. The first-order valence-corrected chi connectivity index (χ1v) is 5.01. The van der Waals surface area contributed by atoms with Crippen LogP contribution in [0.2, 0.25) is 0 Å². The number of allylic oxidation sites excluding steroid dienone is 1. The summed E-state index contributed by atoms with van der Waals surface area (Å²) in [6.07, 6.45) is 5.04. The predicted octanol–water partition coefficient (Wildman–Crippen LogP) is 3.16. The van der Waals surface area contributed by atoms with E-state index in [0.29, 0.717) is 11.5 Å². The molecule has 1 saturated carbocycles. The van der Waals surface area contributed by atoms with Crippen LogP contribution < -0.4 is 0 Å². The Kier molecular flexibility index (Phi) is 3.37. The normalized spacial score (nSPS) is 21.0. The van der Waals surface area contributed by atoms with Crippen molar-refractivity contribution in [3.63, 3.8) is 0 Å². The molecule has 74 valence electrons. The molecule has 13 heavy (non-hydrogen) atoms. The predicted molar refractivity (Wildman–Crippen MR) is 52.8 cm³/mol. The molecule has 1 fully saturated rings. The fraction of sp³-hybridized carbons (Fsp3) is 0.700. The molecule has 0 aliphatic heterocycles. The molecule has 1 aliphatic carbocycles. The summed E-state index contributed by atoms with van der Waals surface area (Å²) in [6.45, 7) is 3.58. The van der Waals surface area contributed by atoms with E-state index in [9.17, 15) is 4.79 Å². The molecule has 0 saturated heterocycles. The summed E-state index contributed by atoms with van der Waals surface area (Å²) in [5.74, 6) is -0.714. The van der Waals surface area contributed by atoms with Gasteiger partial charge in [-0.2, -0.15) is 0 Å². The second-order valence-electron chi connectivity index (χ2n) is 3.84. The minimum absolute atomic E-state index is 0.421. The third-order valence-corrected chi connectivity index (χ3v) is 2.93. The third kappa shape index (κ3) is 2.47. The number of halogens is 1. The standard InChI is InChI=1S/C10H15ClO2/c1-8(11)7-10(9(12)13)5-3-2-4-6-10/h1-7H2,(H,12,13). The largest absolute Gasteiger partial charge is 0.481 e. The minimum Gasteiger partial charge on any atom is -0.481 e. The Labute approximate surface area is 83.6 Å². The van der Waals surface area contributed by atoms with E-state index in [0.717, 1.165) is 32.1 Å². The summed E-state index contributed by atoms with van der Waals surface area (Å²) in [6, 6.07) is 0. The van der Waals surface area contributed by atoms with Gasteiger partial charge in [0, 0.05) is 5.03 Å². The van der Waals surface area contributed by atoms with E-state index in [1.54, 1.807) is 0 Å². The maximum absolute atomic E-state index is 11.1. The number of hydrogen-bond acceptors (Lipinski definition) is 1. The van der Waals surface area contributed by atoms with E-state index in [1.807, 2.05) is 0 Å². The molecular weight excluding hydrogens is 188 g/mol. The van der Waals surface area contributed by atoms with Crippen molar-refractivity contribution in [2.24, 2.45) is 5.41 Å². The number of rotatable bonds is 3. The fourth-order valence-corrected chi connectivity index (χ4v) is 2.32. The van der Waals surface area contributed by atoms with Gasteiger partial charge in [-0.05, 0) is 19.3 Å². The van der Waals surface area contributed by atoms with Crippen molar-refractivity contribution in [2.75, 3.05) is 0 Å². The highest BCUT2D eigenvalue weighted by Crippen LogP contribution is 2.41. The molecule has 3 heteroatoms. The summed E-state index contributed by atoms with van der Waals surface area (Å²) >= 11 is 5.69. The van der Waals surface area contributed by atoms with Gasteiger partial charge in [0.25, 0.3) is 0 Å². The smallest absolute Gasteiger partial charge is 0.309 e. The first-order valence-electron chi connectivity index (χ1n) is 4.63. The first kappa shape index (κ1) is 10.6. The summed E-state index contributed by atoms with van der Waals surface area (Å²) in [4.78, 5) is 11.1. The summed E-state index contributed by atoms with van der Waals surface area (Å²) in [5, 5.41) is 9.60. The maximum atomic E-state index is 11.1. The van der Waals surface area contributed by atoms with Crippen molar-refractivity contribution in [1.82, 2.24) is 0 Å². The van der Waals surface area contributed by atoms with Gasteiger partial charge in [0.15, 0.2) is 0 Å². The SMILES string of the molecule is C=C(Cl)CC1(C(=O)O)CCCCC1. The van der Waals surface area contributed by atoms with Gasteiger partial charge in [0.2, 0.25) is 0 Å². The molecule has 0 aromatic carbocycles. The highest BCUT2D eigenvalue weighted by atomic mass is 35.5. The van der Waals surface area contributed by atoms with Gasteiger partial charge >= 0.3 is 5.97 Å². The molecule has 0 radical (unpaired) electrons. The number of carboxylic acid groups (broad SMARTS) is 1. The van der Waals surface area contributed by atoms with Crippen LogP contribution in [0.25, 0.3) is 0 Å². The maximum Gasteiger partial charge on any atom is 0.309 e. The van der Waals surface area contributed by atoms with Crippen molar-refractivity contribution in [3.8, 4) is 0 Å². The average Bonchev–Trinajstić information content (AvgIpc) is 2.04. The third-order valence-electron chi connectivity index (χ3n) is 2.79. The first-order chi connectivity index (χ1) is 6.07. The number of hydrogen-bond donors (Lipinski definition) is 1. The monoisotopic (exact) mass is 202 g/mol. The van der Waals surface area contributed by atoms with Crippen LogP contribution >= 0.6 is 11.6 Å². The van der Waals surface area contributed by atoms with Gasteiger partial charge in [-0.15, -0.1) is 0 Å². The number of carboxylic acids is 1. The molecule has 0 atom stereocenters. The highest BCUT2D eigenvalue weighted by molar-refractivity contribution is 6.29. The molecule has 2 nitrogen and oxygen atoms in total. The lowest BCUT2D eigenvalue weighted by atomic mass is 9.72. The zero-order chi connectivity index (χ0) is 9.90. The Hall–Kier alpha value is -0.500. The summed E-state index contributed by atoms with van der Waals surface area (Å²) in [7, 11) is 0. The molecule has 0 heterocycles. The number of aliphatic carboxylic acids is 1. The molecule has 0 aromatic rings. The summed E-state index contributed by atoms with van der Waals surface area (Å²) < 4.78 is 0. The Morgan fingerprint density at radius 3 is 2.31 bits per heavy atom. The second kappa shape index (κ2) is 4.14. The van der Waals surface area contributed by atoms with Crippen LogP contribution in [0, 0.1) is 5.41 Å². The van der Waals surface area contributed by atoms with Crippen molar-refractivity contribution in [3.05, 3.63) is 11.6 Å². The van der Waals surface area contributed by atoms with Crippen LogP contribution in [-0.2, 0) is 4.79 Å². The van der Waals surface area contributed by atoms with Gasteiger partial charge in [-0.3, -0.25) is 4.79 Å². The highest BCUT2D eigenvalue weighted by Gasteiger charge is 2.39. The van der Waals surface area contributed by atoms with Gasteiger partial charge < -0.3 is 5.11 Å². The Morgan fingerprint density at radius 1 is 1.38 bits per heavy atom. The fourth-order valence-electron chi connectivity index (χ4n) is 2.06. The molecular formula is C10H15ClO2. The van der Waals surface area contributed by atoms with Crippen LogP contribution in [0.3, 0.4) is 0 Å². The Bertz CT molecular complexity index is 217. The van der Waals surface area contributed by atoms with Crippen LogP contribution in [0.5, 0.6) is 0 Å². The van der Waals surface area contributed by atoms with Gasteiger partial charge in [0.05, 0.1) is 5.41 Å². The van der Waals surface area contributed by atoms with Crippen LogP contribution in [0.4, 0.5) is 0 Å². The average molecular weight is 203 g/mol. The van der Waals surface area contributed by atoms with Gasteiger partial charge in [0.1, 0.15) is 0 Å². The summed E-state index contributed by atoms with van der Waals surface area (Å²) in [5.41, 5.74) is -0.614. The van der Waals surface area contributed by atoms with Gasteiger partial charge in [-0.1, -0.05) is 37.4 Å². The molecule has 0 bridgehead atoms. The number of carbonyl (C=O) groups is 1. The Balaban J connectivity index is 2.73. The lowest BCUT2D eigenvalue weighted by molar-refractivity contribution is -0.150. The molecule has 1 rings (SSSR count). The van der Waals surface area contributed by atoms with Crippen molar-refractivity contribution in [2.45, 2.75) is 38.5 Å². The lowest BCUT2D eigenvalue weighted by Crippen LogP contribution is -2.33. The molecule has 1 aliphatic rings. The van der Waals surface area contributed by atoms with Crippen LogP contribution in [0.15, 0.2) is 11.6 Å². The minimum atomic E-state index is -0.714. The van der Waals surface area contributed by atoms with E-state index in [2.05, 4.69) is 6.58 Å². The quantitative estimate of drug-likeness (QED) is 0.764. The zero-order valence-electron chi connectivity index (χ0n) is 7.68. The topological polar surface area (TPSA) is 37.3 Å². The van der Waals surface area contributed by atoms with Crippen molar-refractivity contribution in [1.29, 1.82) is 0 Å². The van der Waals surface area contributed by atoms with Crippen LogP contribution in [-0.4, -0.2) is 11.1 Å². The van der Waals surface area contributed by atoms with Crippen molar-refractivity contribution < 1.29 is 9.90 Å². The zero-order valence-corrected chi connectivity index (χ0v) is 8.44. The van der Waals surface area contributed by atoms with E-state index in [1.165, 1.54) is 0 Å². The van der Waals surface area contributed by atoms with E-state index in [4.69, 9.17) is 16.7 Å². The molecule has 0 amide bonds. The Morgan fingerprint density at radius 2 is 1.92 bits per heavy atom. The molecule has 0 aromatic heterocycles. The van der Waals surface area contributed by atoms with E-state index < -0.39 is 11.4 Å². The van der Waals surface area contributed by atoms with E-state index in [-0.39, 0.29) is 0 Å². The second-order valence-corrected chi connectivity index (χ2v) is 4.37. The van der Waals surface area contributed by atoms with E-state index >= 15 is 0 Å². The van der Waals surface area contributed by atoms with Crippen molar-refractivity contribution >= 4 is 17.6 Å². The van der Waals surface area contributed by atoms with Crippen LogP contribution in [0.1, 0.15) is 38.5 Å². The molecule has 1 N–H and O–H groups in total. The van der Waals surface area contributed by atoms with Gasteiger partial charge in [-0.25, -0.2) is 0 Å².